The van der Waals surface area contributed by atoms with Crippen molar-refractivity contribution in [3.63, 3.8) is 0 Å². The number of aliphatic imine (C=N–C) groups is 1. The number of hydrogen-bond acceptors (Lipinski definition) is 3. The normalized spacial score (nSPS) is 19.4. The van der Waals surface area contributed by atoms with Crippen LogP contribution in [0, 0.1) is 6.92 Å². The molecule has 0 aliphatic carbocycles. The van der Waals surface area contributed by atoms with Gasteiger partial charge in [0.05, 0.1) is 12.1 Å². The summed E-state index contributed by atoms with van der Waals surface area (Å²) in [6, 6.07) is 3.71. The monoisotopic (exact) mass is 288 g/mol. The van der Waals surface area contributed by atoms with Gasteiger partial charge in [0, 0.05) is 10.9 Å². The van der Waals surface area contributed by atoms with Crippen molar-refractivity contribution in [2.24, 2.45) is 4.99 Å². The van der Waals surface area contributed by atoms with Gasteiger partial charge in [0.25, 0.3) is 0 Å². The smallest absolute Gasteiger partial charge is 0.335 e. The molecule has 19 heavy (non-hydrogen) atoms. The minimum absolute atomic E-state index is 0.425. The highest BCUT2D eigenvalue weighted by Crippen LogP contribution is 2.33. The maximum atomic E-state index is 12.7. The fraction of sp³-hybridized carbons (Fsp3) is 0.462. The van der Waals surface area contributed by atoms with Gasteiger partial charge in [-0.25, -0.2) is 0 Å². The predicted molar refractivity (Wildman–Crippen MR) is 73.8 cm³/mol. The molecule has 0 fully saturated rings. The van der Waals surface area contributed by atoms with Crippen molar-refractivity contribution in [2.45, 2.75) is 31.7 Å². The average molecular weight is 288 g/mol. The predicted octanol–water partition coefficient (Wildman–Crippen LogP) is 4.31. The maximum Gasteiger partial charge on any atom is 0.416 e. The Hall–Kier alpha value is -1.17. The van der Waals surface area contributed by atoms with Crippen molar-refractivity contribution >= 4 is 22.6 Å². The molecule has 1 aliphatic rings. The second kappa shape index (κ2) is 5.45. The molecule has 0 spiro atoms. The molecule has 1 heterocycles. The Labute approximate surface area is 114 Å². The topological polar surface area (TPSA) is 24.4 Å². The van der Waals surface area contributed by atoms with Gasteiger partial charge in [0.2, 0.25) is 0 Å². The van der Waals surface area contributed by atoms with Gasteiger partial charge in [-0.05, 0) is 31.0 Å². The van der Waals surface area contributed by atoms with E-state index in [0.29, 0.717) is 16.1 Å². The summed E-state index contributed by atoms with van der Waals surface area (Å²) >= 11 is 1.59. The summed E-state index contributed by atoms with van der Waals surface area (Å²) in [7, 11) is 0. The van der Waals surface area contributed by atoms with E-state index < -0.39 is 11.7 Å². The zero-order valence-electron chi connectivity index (χ0n) is 10.7. The molecule has 1 atom stereocenters. The second-order valence-electron chi connectivity index (χ2n) is 4.45. The molecule has 1 aromatic carbocycles. The first-order valence-electron chi connectivity index (χ1n) is 6.06. The van der Waals surface area contributed by atoms with Crippen molar-refractivity contribution in [2.75, 3.05) is 11.9 Å². The number of benzene rings is 1. The average Bonchev–Trinajstić information content (AvgIpc) is 2.78. The first-order valence-corrected chi connectivity index (χ1v) is 6.94. The third kappa shape index (κ3) is 3.43. The van der Waals surface area contributed by atoms with Crippen LogP contribution in [0.2, 0.25) is 0 Å². The van der Waals surface area contributed by atoms with Crippen LogP contribution >= 0.6 is 11.8 Å². The third-order valence-corrected chi connectivity index (χ3v) is 4.25. The largest absolute Gasteiger partial charge is 0.416 e. The molecular formula is C13H15F3N2S. The van der Waals surface area contributed by atoms with E-state index >= 15 is 0 Å². The van der Waals surface area contributed by atoms with Gasteiger partial charge in [-0.1, -0.05) is 24.8 Å². The van der Waals surface area contributed by atoms with Crippen molar-refractivity contribution in [1.82, 2.24) is 0 Å². The van der Waals surface area contributed by atoms with Crippen LogP contribution in [0.15, 0.2) is 23.2 Å². The number of nitrogens with zero attached hydrogens (tertiary/aromatic N) is 1. The van der Waals surface area contributed by atoms with Gasteiger partial charge in [-0.3, -0.25) is 4.99 Å². The second-order valence-corrected chi connectivity index (χ2v) is 5.74. The summed E-state index contributed by atoms with van der Waals surface area (Å²) in [6.07, 6.45) is -3.32. The number of halogens is 3. The molecule has 1 aromatic rings. The molecule has 2 rings (SSSR count). The Morgan fingerprint density at radius 3 is 2.74 bits per heavy atom. The van der Waals surface area contributed by atoms with Crippen LogP contribution in [0.25, 0.3) is 0 Å². The van der Waals surface area contributed by atoms with E-state index in [1.54, 1.807) is 18.7 Å². The summed E-state index contributed by atoms with van der Waals surface area (Å²) < 4.78 is 38.0. The van der Waals surface area contributed by atoms with Crippen LogP contribution in [0.3, 0.4) is 0 Å². The number of hydrogen-bond donors (Lipinski definition) is 1. The Morgan fingerprint density at radius 2 is 2.16 bits per heavy atom. The number of nitrogens with one attached hydrogen (secondary N) is 1. The van der Waals surface area contributed by atoms with E-state index in [4.69, 9.17) is 0 Å². The summed E-state index contributed by atoms with van der Waals surface area (Å²) in [6.45, 7) is 4.58. The quantitative estimate of drug-likeness (QED) is 0.877. The standard InChI is InChI=1S/C13H15F3N2S/c1-3-10-7-17-12(19-10)18-11-6-9(13(14,15)16)5-4-8(11)2/h4-6,10H,3,7H2,1-2H3,(H,17,18). The van der Waals surface area contributed by atoms with Crippen LogP contribution < -0.4 is 5.32 Å². The zero-order valence-corrected chi connectivity index (χ0v) is 11.5. The van der Waals surface area contributed by atoms with Gasteiger partial charge in [-0.15, -0.1) is 0 Å². The van der Waals surface area contributed by atoms with Gasteiger partial charge in [-0.2, -0.15) is 13.2 Å². The van der Waals surface area contributed by atoms with Crippen LogP contribution in [-0.2, 0) is 6.18 Å². The van der Waals surface area contributed by atoms with Gasteiger partial charge >= 0.3 is 6.18 Å². The van der Waals surface area contributed by atoms with Crippen molar-refractivity contribution < 1.29 is 13.2 Å². The Balaban J connectivity index is 2.16. The number of thioether (sulfide) groups is 1. The molecule has 0 radical (unpaired) electrons. The highest BCUT2D eigenvalue weighted by atomic mass is 32.2. The lowest BCUT2D eigenvalue weighted by Gasteiger charge is -2.13. The third-order valence-electron chi connectivity index (χ3n) is 2.98. The number of alkyl halides is 3. The molecule has 6 heteroatoms. The van der Waals surface area contributed by atoms with Crippen LogP contribution in [0.1, 0.15) is 24.5 Å². The maximum absolute atomic E-state index is 12.7. The zero-order chi connectivity index (χ0) is 14.0. The van der Waals surface area contributed by atoms with E-state index in [0.717, 1.165) is 30.7 Å². The SMILES string of the molecule is CCC1CN=C(Nc2cc(C(F)(F)F)ccc2C)S1. The molecule has 0 saturated carbocycles. The number of amidine groups is 1. The van der Waals surface area contributed by atoms with E-state index in [2.05, 4.69) is 17.2 Å². The highest BCUT2D eigenvalue weighted by Gasteiger charge is 2.31. The molecule has 0 bridgehead atoms. The lowest BCUT2D eigenvalue weighted by Crippen LogP contribution is -2.10. The lowest BCUT2D eigenvalue weighted by molar-refractivity contribution is -0.137. The fourth-order valence-corrected chi connectivity index (χ4v) is 2.70. The van der Waals surface area contributed by atoms with Crippen molar-refractivity contribution in [3.05, 3.63) is 29.3 Å². The van der Waals surface area contributed by atoms with Crippen LogP contribution in [0.4, 0.5) is 18.9 Å². The summed E-state index contributed by atoms with van der Waals surface area (Å²) in [5.41, 5.74) is 0.602. The molecule has 0 amide bonds. The summed E-state index contributed by atoms with van der Waals surface area (Å²) in [5.74, 6) is 0. The van der Waals surface area contributed by atoms with Crippen molar-refractivity contribution in [1.29, 1.82) is 0 Å². The Morgan fingerprint density at radius 1 is 1.42 bits per heavy atom. The molecular weight excluding hydrogens is 273 g/mol. The van der Waals surface area contributed by atoms with Gasteiger partial charge in [0.15, 0.2) is 5.17 Å². The molecule has 0 saturated heterocycles. The van der Waals surface area contributed by atoms with E-state index in [-0.39, 0.29) is 0 Å². The molecule has 1 aliphatic heterocycles. The van der Waals surface area contributed by atoms with Crippen LogP contribution in [-0.4, -0.2) is 17.0 Å². The Kier molecular flexibility index (Phi) is 4.08. The number of rotatable bonds is 2. The van der Waals surface area contributed by atoms with E-state index in [1.165, 1.54) is 6.07 Å². The van der Waals surface area contributed by atoms with Crippen LogP contribution in [0.5, 0.6) is 0 Å². The number of aryl methyl sites for hydroxylation is 1. The molecule has 1 N–H and O–H groups in total. The molecule has 0 aromatic heterocycles. The molecule has 104 valence electrons. The van der Waals surface area contributed by atoms with E-state index in [9.17, 15) is 13.2 Å². The fourth-order valence-electron chi connectivity index (χ4n) is 1.75. The Bertz CT molecular complexity index is 497. The first kappa shape index (κ1) is 14.2. The first-order chi connectivity index (χ1) is 8.90. The number of anilines is 1. The summed E-state index contributed by atoms with van der Waals surface area (Å²) in [4.78, 5) is 4.30. The van der Waals surface area contributed by atoms with Gasteiger partial charge < -0.3 is 5.32 Å². The minimum Gasteiger partial charge on any atom is -0.335 e. The minimum atomic E-state index is -4.32. The lowest BCUT2D eigenvalue weighted by atomic mass is 10.1. The highest BCUT2D eigenvalue weighted by molar-refractivity contribution is 8.15. The summed E-state index contributed by atoms with van der Waals surface area (Å²) in [5, 5.41) is 4.13. The van der Waals surface area contributed by atoms with Gasteiger partial charge in [0.1, 0.15) is 0 Å². The molecule has 2 nitrogen and oxygen atoms in total. The van der Waals surface area contributed by atoms with Crippen molar-refractivity contribution in [3.8, 4) is 0 Å². The van der Waals surface area contributed by atoms with E-state index in [1.807, 2.05) is 0 Å². The molecule has 1 unspecified atom stereocenters.